The maximum Gasteiger partial charge on any atom is 0.237 e. The Morgan fingerprint density at radius 3 is 2.18 bits per heavy atom. The van der Waals surface area contributed by atoms with Crippen LogP contribution in [0.4, 0.5) is 11.4 Å². The van der Waals surface area contributed by atoms with E-state index in [0.29, 0.717) is 15.8 Å². The van der Waals surface area contributed by atoms with Crippen molar-refractivity contribution in [3.8, 4) is 0 Å². The summed E-state index contributed by atoms with van der Waals surface area (Å²) in [5.74, 6) is -0.837. The van der Waals surface area contributed by atoms with Gasteiger partial charge in [0.2, 0.25) is 11.8 Å². The van der Waals surface area contributed by atoms with Crippen LogP contribution >= 0.6 is 15.9 Å². The number of benzene rings is 1. The number of carbonyl (C=O) groups excluding carboxylic acids is 2. The lowest BCUT2D eigenvalue weighted by molar-refractivity contribution is -0.122. The summed E-state index contributed by atoms with van der Waals surface area (Å²) in [5, 5.41) is 0. The molecule has 0 bridgehead atoms. The second-order valence-corrected chi connectivity index (χ2v) is 5.15. The van der Waals surface area contributed by atoms with Crippen LogP contribution in [0.2, 0.25) is 0 Å². The summed E-state index contributed by atoms with van der Waals surface area (Å²) >= 11 is 3.29. The number of nitrogens with two attached hydrogens (primary N) is 1. The SMILES string of the molecule is CC1C(=O)N(c2ccc(N)c(Br)c2)C(=O)C1C. The molecule has 1 aliphatic rings. The van der Waals surface area contributed by atoms with Gasteiger partial charge in [0.05, 0.1) is 5.69 Å². The molecule has 1 fully saturated rings. The van der Waals surface area contributed by atoms with Crippen LogP contribution in [0.5, 0.6) is 0 Å². The van der Waals surface area contributed by atoms with Crippen LogP contribution in [0.3, 0.4) is 0 Å². The number of rotatable bonds is 1. The van der Waals surface area contributed by atoms with Crippen LogP contribution < -0.4 is 10.6 Å². The van der Waals surface area contributed by atoms with Crippen molar-refractivity contribution in [3.05, 3.63) is 22.7 Å². The number of nitrogens with zero attached hydrogens (tertiary/aromatic N) is 1. The maximum absolute atomic E-state index is 12.0. The molecule has 4 nitrogen and oxygen atoms in total. The third-order valence-corrected chi connectivity index (χ3v) is 3.90. The molecular weight excluding hydrogens is 284 g/mol. The van der Waals surface area contributed by atoms with E-state index in [0.717, 1.165) is 0 Å². The van der Waals surface area contributed by atoms with Crippen LogP contribution in [0.1, 0.15) is 13.8 Å². The molecule has 2 unspecified atom stereocenters. The summed E-state index contributed by atoms with van der Waals surface area (Å²) < 4.78 is 0.683. The minimum Gasteiger partial charge on any atom is -0.398 e. The van der Waals surface area contributed by atoms with Gasteiger partial charge in [-0.05, 0) is 34.1 Å². The Labute approximate surface area is 108 Å². The van der Waals surface area contributed by atoms with Crippen LogP contribution in [-0.4, -0.2) is 11.8 Å². The number of anilines is 2. The smallest absolute Gasteiger partial charge is 0.237 e. The number of nitrogen functional groups attached to an aromatic ring is 1. The van der Waals surface area contributed by atoms with E-state index in [9.17, 15) is 9.59 Å². The van der Waals surface area contributed by atoms with E-state index in [4.69, 9.17) is 5.73 Å². The van der Waals surface area contributed by atoms with E-state index >= 15 is 0 Å². The number of hydrogen-bond donors (Lipinski definition) is 1. The first-order valence-electron chi connectivity index (χ1n) is 5.36. The van der Waals surface area contributed by atoms with Gasteiger partial charge in [0, 0.05) is 22.0 Å². The van der Waals surface area contributed by atoms with Crippen LogP contribution in [-0.2, 0) is 9.59 Å². The molecule has 0 aliphatic carbocycles. The molecule has 1 aromatic carbocycles. The van der Waals surface area contributed by atoms with Gasteiger partial charge in [-0.1, -0.05) is 13.8 Å². The van der Waals surface area contributed by atoms with Crippen molar-refractivity contribution in [3.63, 3.8) is 0 Å². The Morgan fingerprint density at radius 2 is 1.71 bits per heavy atom. The second-order valence-electron chi connectivity index (χ2n) is 4.30. The summed E-state index contributed by atoms with van der Waals surface area (Å²) in [4.78, 5) is 25.2. The zero-order valence-corrected chi connectivity index (χ0v) is 11.2. The fourth-order valence-corrected chi connectivity index (χ4v) is 2.22. The summed E-state index contributed by atoms with van der Waals surface area (Å²) in [6.07, 6.45) is 0. The summed E-state index contributed by atoms with van der Waals surface area (Å²) in [7, 11) is 0. The molecule has 1 aliphatic heterocycles. The molecule has 1 saturated heterocycles. The predicted molar refractivity (Wildman–Crippen MR) is 69.4 cm³/mol. The first kappa shape index (κ1) is 12.1. The largest absolute Gasteiger partial charge is 0.398 e. The fraction of sp³-hybridized carbons (Fsp3) is 0.333. The monoisotopic (exact) mass is 296 g/mol. The lowest BCUT2D eigenvalue weighted by atomic mass is 10.00. The highest BCUT2D eigenvalue weighted by molar-refractivity contribution is 9.10. The van der Waals surface area contributed by atoms with Gasteiger partial charge in [-0.25, -0.2) is 0 Å². The summed E-state index contributed by atoms with van der Waals surface area (Å²) in [5.41, 5.74) is 6.82. The molecule has 1 aromatic rings. The van der Waals surface area contributed by atoms with Crippen LogP contribution in [0.15, 0.2) is 22.7 Å². The van der Waals surface area contributed by atoms with Gasteiger partial charge >= 0.3 is 0 Å². The highest BCUT2D eigenvalue weighted by Gasteiger charge is 2.43. The third kappa shape index (κ3) is 1.84. The van der Waals surface area contributed by atoms with Gasteiger partial charge in [-0.3, -0.25) is 14.5 Å². The lowest BCUT2D eigenvalue weighted by Crippen LogP contribution is -2.30. The van der Waals surface area contributed by atoms with Crippen LogP contribution in [0.25, 0.3) is 0 Å². The first-order valence-corrected chi connectivity index (χ1v) is 6.15. The molecule has 0 aromatic heterocycles. The summed E-state index contributed by atoms with van der Waals surface area (Å²) in [6, 6.07) is 5.05. The van der Waals surface area contributed by atoms with Crippen molar-refractivity contribution in [2.45, 2.75) is 13.8 Å². The number of halogens is 1. The molecular formula is C12H13BrN2O2. The maximum atomic E-state index is 12.0. The zero-order chi connectivity index (χ0) is 12.7. The Kier molecular flexibility index (Phi) is 2.95. The van der Waals surface area contributed by atoms with E-state index in [1.165, 1.54) is 4.90 Å². The van der Waals surface area contributed by atoms with Crippen molar-refractivity contribution in [2.24, 2.45) is 11.8 Å². The van der Waals surface area contributed by atoms with Gasteiger partial charge in [0.1, 0.15) is 0 Å². The van der Waals surface area contributed by atoms with Crippen molar-refractivity contribution in [1.29, 1.82) is 0 Å². The van der Waals surface area contributed by atoms with Gasteiger partial charge in [0.15, 0.2) is 0 Å². The molecule has 17 heavy (non-hydrogen) atoms. The average Bonchev–Trinajstić information content (AvgIpc) is 2.48. The van der Waals surface area contributed by atoms with Crippen molar-refractivity contribution >= 4 is 39.1 Å². The molecule has 2 rings (SSSR count). The topological polar surface area (TPSA) is 63.4 Å². The molecule has 5 heteroatoms. The van der Waals surface area contributed by atoms with E-state index in [-0.39, 0.29) is 23.7 Å². The molecule has 2 amide bonds. The summed E-state index contributed by atoms with van der Waals surface area (Å²) in [6.45, 7) is 3.55. The second kappa shape index (κ2) is 4.14. The van der Waals surface area contributed by atoms with Crippen molar-refractivity contribution in [2.75, 3.05) is 10.6 Å². The number of carbonyl (C=O) groups is 2. The number of amides is 2. The Hall–Kier alpha value is -1.36. The fourth-order valence-electron chi connectivity index (χ4n) is 1.85. The van der Waals surface area contributed by atoms with Crippen LogP contribution in [0, 0.1) is 11.8 Å². The third-order valence-electron chi connectivity index (χ3n) is 3.21. The Morgan fingerprint density at radius 1 is 1.18 bits per heavy atom. The van der Waals surface area contributed by atoms with Gasteiger partial charge in [-0.15, -0.1) is 0 Å². The Balaban J connectivity index is 2.43. The average molecular weight is 297 g/mol. The first-order chi connectivity index (χ1) is 7.93. The van der Waals surface area contributed by atoms with E-state index in [2.05, 4.69) is 15.9 Å². The van der Waals surface area contributed by atoms with Gasteiger partial charge < -0.3 is 5.73 Å². The normalized spacial score (nSPS) is 24.5. The Bertz CT molecular complexity index is 481. The highest BCUT2D eigenvalue weighted by Crippen LogP contribution is 2.33. The minimum absolute atomic E-state index is 0.154. The van der Waals surface area contributed by atoms with Crippen molar-refractivity contribution in [1.82, 2.24) is 0 Å². The van der Waals surface area contributed by atoms with E-state index in [1.807, 2.05) is 0 Å². The number of imide groups is 1. The van der Waals surface area contributed by atoms with E-state index in [1.54, 1.807) is 32.0 Å². The van der Waals surface area contributed by atoms with Gasteiger partial charge in [-0.2, -0.15) is 0 Å². The van der Waals surface area contributed by atoms with E-state index < -0.39 is 0 Å². The molecule has 1 heterocycles. The van der Waals surface area contributed by atoms with Gasteiger partial charge in [0.25, 0.3) is 0 Å². The van der Waals surface area contributed by atoms with Crippen molar-refractivity contribution < 1.29 is 9.59 Å². The molecule has 2 atom stereocenters. The molecule has 90 valence electrons. The lowest BCUT2D eigenvalue weighted by Gasteiger charge is -2.15. The number of hydrogen-bond acceptors (Lipinski definition) is 3. The predicted octanol–water partition coefficient (Wildman–Crippen LogP) is 2.18. The minimum atomic E-state index is -0.265. The molecule has 0 spiro atoms. The molecule has 2 N–H and O–H groups in total. The molecule has 0 radical (unpaired) electrons. The standard InChI is InChI=1S/C12H13BrN2O2/c1-6-7(2)12(17)15(11(6)16)8-3-4-10(14)9(13)5-8/h3-7H,14H2,1-2H3. The quantitative estimate of drug-likeness (QED) is 0.638. The highest BCUT2D eigenvalue weighted by atomic mass is 79.9. The zero-order valence-electron chi connectivity index (χ0n) is 9.61. The molecule has 0 saturated carbocycles.